The third-order valence-corrected chi connectivity index (χ3v) is 5.55. The molecule has 2 aromatic rings. The summed E-state index contributed by atoms with van der Waals surface area (Å²) in [6.07, 6.45) is 0.232. The van der Waals surface area contributed by atoms with Gasteiger partial charge in [0.05, 0.1) is 33.3 Å². The van der Waals surface area contributed by atoms with Crippen LogP contribution in [0.25, 0.3) is 0 Å². The van der Waals surface area contributed by atoms with Crippen LogP contribution in [0.15, 0.2) is 36.4 Å². The summed E-state index contributed by atoms with van der Waals surface area (Å²) in [6.45, 7) is 2.62. The topological polar surface area (TPSA) is 65.4 Å². The lowest BCUT2D eigenvalue weighted by molar-refractivity contribution is -0.117. The minimum atomic E-state index is -0.113. The van der Waals surface area contributed by atoms with E-state index in [1.165, 1.54) is 0 Å². The Morgan fingerprint density at radius 1 is 1.18 bits per heavy atom. The Bertz CT molecular complexity index is 914. The molecule has 1 heterocycles. The summed E-state index contributed by atoms with van der Waals surface area (Å²) < 4.78 is 5.84. The largest absolute Gasteiger partial charge is 0.371 e. The number of nitriles is 1. The van der Waals surface area contributed by atoms with Gasteiger partial charge in [-0.2, -0.15) is 5.26 Å². The van der Waals surface area contributed by atoms with E-state index in [4.69, 9.17) is 44.8 Å². The van der Waals surface area contributed by atoms with Gasteiger partial charge in [0.2, 0.25) is 5.91 Å². The normalized spacial score (nSPS) is 17.1. The zero-order chi connectivity index (χ0) is 20.1. The quantitative estimate of drug-likeness (QED) is 0.719. The molecule has 146 valence electrons. The van der Waals surface area contributed by atoms with Gasteiger partial charge in [-0.15, -0.1) is 0 Å². The highest BCUT2D eigenvalue weighted by Gasteiger charge is 2.23. The minimum Gasteiger partial charge on any atom is -0.371 e. The molecular weight excluding hydrogens is 421 g/mol. The van der Waals surface area contributed by atoms with Crippen LogP contribution in [0.4, 0.5) is 5.69 Å². The van der Waals surface area contributed by atoms with Gasteiger partial charge in [-0.1, -0.05) is 40.9 Å². The molecule has 1 aliphatic rings. The monoisotopic (exact) mass is 437 g/mol. The van der Waals surface area contributed by atoms with E-state index in [9.17, 15) is 4.79 Å². The fraction of sp³-hybridized carbons (Fsp3) is 0.300. The number of amides is 1. The van der Waals surface area contributed by atoms with Crippen molar-refractivity contribution in [2.24, 2.45) is 0 Å². The molecule has 1 N–H and O–H groups in total. The summed E-state index contributed by atoms with van der Waals surface area (Å²) in [6, 6.07) is 12.3. The second kappa shape index (κ2) is 9.60. The van der Waals surface area contributed by atoms with Gasteiger partial charge in [-0.3, -0.25) is 9.69 Å². The zero-order valence-corrected chi connectivity index (χ0v) is 17.2. The molecule has 0 spiro atoms. The first-order chi connectivity index (χ1) is 13.5. The van der Waals surface area contributed by atoms with Crippen molar-refractivity contribution in [2.45, 2.75) is 12.5 Å². The minimum absolute atomic E-state index is 0.107. The number of hydrogen-bond donors (Lipinski definition) is 1. The number of carbonyl (C=O) groups excluding carboxylic acids is 1. The van der Waals surface area contributed by atoms with Gasteiger partial charge in [-0.25, -0.2) is 0 Å². The van der Waals surface area contributed by atoms with Crippen LogP contribution in [0.1, 0.15) is 23.7 Å². The second-order valence-corrected chi connectivity index (χ2v) is 7.66. The highest BCUT2D eigenvalue weighted by atomic mass is 35.5. The Morgan fingerprint density at radius 3 is 2.71 bits per heavy atom. The summed E-state index contributed by atoms with van der Waals surface area (Å²) >= 11 is 18.1. The van der Waals surface area contributed by atoms with E-state index in [1.807, 2.05) is 18.2 Å². The molecule has 2 aromatic carbocycles. The molecule has 0 aromatic heterocycles. The molecule has 28 heavy (non-hydrogen) atoms. The third-order valence-electron chi connectivity index (χ3n) is 4.49. The maximum absolute atomic E-state index is 12.2. The van der Waals surface area contributed by atoms with Crippen molar-refractivity contribution in [1.82, 2.24) is 4.90 Å². The van der Waals surface area contributed by atoms with Crippen LogP contribution in [0.3, 0.4) is 0 Å². The van der Waals surface area contributed by atoms with Crippen LogP contribution in [-0.4, -0.2) is 37.0 Å². The van der Waals surface area contributed by atoms with Crippen molar-refractivity contribution in [3.8, 4) is 6.07 Å². The van der Waals surface area contributed by atoms with E-state index in [0.29, 0.717) is 52.4 Å². The molecule has 0 radical (unpaired) electrons. The van der Waals surface area contributed by atoms with Crippen molar-refractivity contribution >= 4 is 46.4 Å². The van der Waals surface area contributed by atoms with Crippen LogP contribution in [0.5, 0.6) is 0 Å². The summed E-state index contributed by atoms with van der Waals surface area (Å²) in [5, 5.41) is 13.0. The number of nitrogens with zero attached hydrogens (tertiary/aromatic N) is 2. The number of hydrogen-bond acceptors (Lipinski definition) is 4. The van der Waals surface area contributed by atoms with Gasteiger partial charge in [-0.05, 0) is 35.9 Å². The van der Waals surface area contributed by atoms with Crippen LogP contribution in [0.2, 0.25) is 15.1 Å². The van der Waals surface area contributed by atoms with Gasteiger partial charge in [0.15, 0.2) is 0 Å². The molecule has 0 aliphatic carbocycles. The molecular formula is C20H18Cl3N3O2. The standard InChI is InChI=1S/C20H18Cl3N3O2/c21-16-4-2-13(9-18(16)23)19-12-26(7-8-28-19)6-5-20(27)25-15-3-1-14(11-24)17(22)10-15/h1-4,9-10,19H,5-8,12H2,(H,25,27). The van der Waals surface area contributed by atoms with Gasteiger partial charge in [0, 0.05) is 31.7 Å². The highest BCUT2D eigenvalue weighted by Crippen LogP contribution is 2.29. The van der Waals surface area contributed by atoms with Crippen molar-refractivity contribution in [3.05, 3.63) is 62.6 Å². The second-order valence-electron chi connectivity index (χ2n) is 6.44. The Balaban J connectivity index is 1.52. The average Bonchev–Trinajstić information content (AvgIpc) is 2.69. The Morgan fingerprint density at radius 2 is 2.00 bits per heavy atom. The zero-order valence-electron chi connectivity index (χ0n) is 14.9. The first-order valence-corrected chi connectivity index (χ1v) is 9.88. The molecule has 1 aliphatic heterocycles. The van der Waals surface area contributed by atoms with Gasteiger partial charge in [0.1, 0.15) is 6.07 Å². The number of morpholine rings is 1. The molecule has 1 unspecified atom stereocenters. The molecule has 1 fully saturated rings. The van der Waals surface area contributed by atoms with Crippen molar-refractivity contribution < 1.29 is 9.53 Å². The van der Waals surface area contributed by atoms with Crippen LogP contribution in [-0.2, 0) is 9.53 Å². The molecule has 3 rings (SSSR count). The first-order valence-electron chi connectivity index (χ1n) is 8.74. The van der Waals surface area contributed by atoms with E-state index in [2.05, 4.69) is 10.2 Å². The number of ether oxygens (including phenoxy) is 1. The number of carbonyl (C=O) groups is 1. The predicted molar refractivity (Wildman–Crippen MR) is 111 cm³/mol. The lowest BCUT2D eigenvalue weighted by atomic mass is 10.1. The molecule has 1 amide bonds. The predicted octanol–water partition coefficient (Wildman–Crippen LogP) is 4.92. The Labute approximate surface area is 178 Å². The lowest BCUT2D eigenvalue weighted by Crippen LogP contribution is -2.39. The number of benzene rings is 2. The Kier molecular flexibility index (Phi) is 7.17. The molecule has 8 heteroatoms. The van der Waals surface area contributed by atoms with Gasteiger partial charge in [0.25, 0.3) is 0 Å². The van der Waals surface area contributed by atoms with E-state index >= 15 is 0 Å². The summed E-state index contributed by atoms with van der Waals surface area (Å²) in [7, 11) is 0. The van der Waals surface area contributed by atoms with E-state index in [0.717, 1.165) is 12.1 Å². The summed E-state index contributed by atoms with van der Waals surface area (Å²) in [5.41, 5.74) is 1.92. The highest BCUT2D eigenvalue weighted by molar-refractivity contribution is 6.42. The van der Waals surface area contributed by atoms with Crippen molar-refractivity contribution in [3.63, 3.8) is 0 Å². The van der Waals surface area contributed by atoms with Crippen molar-refractivity contribution in [2.75, 3.05) is 31.6 Å². The number of halogens is 3. The fourth-order valence-electron chi connectivity index (χ4n) is 2.99. The van der Waals surface area contributed by atoms with Crippen molar-refractivity contribution in [1.29, 1.82) is 5.26 Å². The number of rotatable bonds is 5. The molecule has 1 saturated heterocycles. The van der Waals surface area contributed by atoms with E-state index in [1.54, 1.807) is 24.3 Å². The average molecular weight is 439 g/mol. The van der Waals surface area contributed by atoms with Crippen LogP contribution in [0, 0.1) is 11.3 Å². The maximum Gasteiger partial charge on any atom is 0.225 e. The summed E-state index contributed by atoms with van der Waals surface area (Å²) in [5.74, 6) is -0.113. The summed E-state index contributed by atoms with van der Waals surface area (Å²) in [4.78, 5) is 14.4. The van der Waals surface area contributed by atoms with Crippen LogP contribution >= 0.6 is 34.8 Å². The van der Waals surface area contributed by atoms with Gasteiger partial charge < -0.3 is 10.1 Å². The number of nitrogens with one attached hydrogen (secondary N) is 1. The number of anilines is 1. The smallest absolute Gasteiger partial charge is 0.225 e. The third kappa shape index (κ3) is 5.38. The molecule has 1 atom stereocenters. The molecule has 5 nitrogen and oxygen atoms in total. The van der Waals surface area contributed by atoms with Gasteiger partial charge >= 0.3 is 0 Å². The lowest BCUT2D eigenvalue weighted by Gasteiger charge is -2.33. The fourth-order valence-corrected chi connectivity index (χ4v) is 3.52. The Hall–Kier alpha value is -1.81. The van der Waals surface area contributed by atoms with E-state index < -0.39 is 0 Å². The molecule has 0 saturated carbocycles. The SMILES string of the molecule is N#Cc1ccc(NC(=O)CCN2CCOC(c3ccc(Cl)c(Cl)c3)C2)cc1Cl. The maximum atomic E-state index is 12.2. The molecule has 0 bridgehead atoms. The van der Waals surface area contributed by atoms with Crippen LogP contribution < -0.4 is 5.32 Å². The first kappa shape index (κ1) is 20.9. The van der Waals surface area contributed by atoms with E-state index in [-0.39, 0.29) is 12.0 Å².